The lowest BCUT2D eigenvalue weighted by Crippen LogP contribution is -2.47. The number of hydrogen-bond donors (Lipinski definition) is 3. The summed E-state index contributed by atoms with van der Waals surface area (Å²) in [5.41, 5.74) is 6.50. The van der Waals surface area contributed by atoms with Gasteiger partial charge in [-0.05, 0) is 71.8 Å². The molecule has 2 aliphatic rings. The number of nitrogens with zero attached hydrogens (tertiary/aromatic N) is 3. The van der Waals surface area contributed by atoms with E-state index < -0.39 is 0 Å². The van der Waals surface area contributed by atoms with Crippen LogP contribution in [-0.4, -0.2) is 73.8 Å². The number of carbonyl (C=O) groups is 3. The molecule has 2 heterocycles. The largest absolute Gasteiger partial charge is 0.496 e. The maximum absolute atomic E-state index is 15.5. The first kappa shape index (κ1) is 30.7. The second-order valence-corrected chi connectivity index (χ2v) is 11.2. The van der Waals surface area contributed by atoms with Crippen molar-refractivity contribution in [1.82, 2.24) is 20.5 Å². The number of ether oxygens (including phenoxy) is 1. The highest BCUT2D eigenvalue weighted by Crippen LogP contribution is 2.37. The number of hydrogen-bond acceptors (Lipinski definition) is 6. The summed E-state index contributed by atoms with van der Waals surface area (Å²) in [6.07, 6.45) is 1.28. The molecule has 2 aliphatic heterocycles. The van der Waals surface area contributed by atoms with Crippen LogP contribution in [-0.2, 0) is 16.1 Å². The molecule has 0 radical (unpaired) electrons. The maximum Gasteiger partial charge on any atom is 0.340 e. The van der Waals surface area contributed by atoms with E-state index in [9.17, 15) is 14.4 Å². The molecule has 0 saturated carbocycles. The lowest BCUT2D eigenvalue weighted by atomic mass is 9.90. The van der Waals surface area contributed by atoms with Crippen molar-refractivity contribution in [2.45, 2.75) is 39.3 Å². The number of hydrazone groups is 1. The number of carbonyl (C=O) groups excluding carboxylic acids is 3. The fourth-order valence-corrected chi connectivity index (χ4v) is 5.73. The summed E-state index contributed by atoms with van der Waals surface area (Å²) in [6.45, 7) is 4.86. The molecule has 5 rings (SSSR count). The van der Waals surface area contributed by atoms with Crippen LogP contribution in [0.3, 0.4) is 0 Å². The Morgan fingerprint density at radius 1 is 1.07 bits per heavy atom. The molecule has 0 spiro atoms. The highest BCUT2D eigenvalue weighted by molar-refractivity contribution is 6.44. The van der Waals surface area contributed by atoms with Gasteiger partial charge in [0.05, 0.1) is 13.7 Å². The van der Waals surface area contributed by atoms with Crippen molar-refractivity contribution in [3.8, 4) is 28.0 Å². The highest BCUT2D eigenvalue weighted by Gasteiger charge is 2.27. The molecule has 10 nitrogen and oxygen atoms in total. The number of urea groups is 1. The summed E-state index contributed by atoms with van der Waals surface area (Å²) in [5.74, 6) is -0.274. The van der Waals surface area contributed by atoms with Crippen molar-refractivity contribution in [3.63, 3.8) is 0 Å². The van der Waals surface area contributed by atoms with Crippen LogP contribution in [0.4, 0.5) is 14.9 Å². The van der Waals surface area contributed by atoms with Crippen LogP contribution in [0.2, 0.25) is 0 Å². The van der Waals surface area contributed by atoms with E-state index >= 15 is 4.39 Å². The van der Waals surface area contributed by atoms with Crippen molar-refractivity contribution >= 4 is 29.2 Å². The Balaban J connectivity index is 1.39. The normalized spacial score (nSPS) is 16.6. The summed E-state index contributed by atoms with van der Waals surface area (Å²) < 4.78 is 21.1. The molecular weight excluding hydrogens is 563 g/mol. The number of halogens is 1. The summed E-state index contributed by atoms with van der Waals surface area (Å²) in [4.78, 5) is 38.0. The third-order valence-corrected chi connectivity index (χ3v) is 8.19. The highest BCUT2D eigenvalue weighted by atomic mass is 19.1. The molecule has 1 fully saturated rings. The van der Waals surface area contributed by atoms with Crippen LogP contribution >= 0.6 is 0 Å². The summed E-state index contributed by atoms with van der Waals surface area (Å²) in [7, 11) is 4.66. The van der Waals surface area contributed by atoms with E-state index in [2.05, 4.69) is 21.1 Å². The predicted octanol–water partition coefficient (Wildman–Crippen LogP) is 4.45. The molecule has 3 N–H and O–H groups in total. The van der Waals surface area contributed by atoms with Gasteiger partial charge in [-0.15, -0.1) is 0 Å². The smallest absolute Gasteiger partial charge is 0.340 e. The molecule has 0 unspecified atom stereocenters. The molecule has 0 aromatic heterocycles. The first-order valence-corrected chi connectivity index (χ1v) is 14.5. The van der Waals surface area contributed by atoms with E-state index in [4.69, 9.17) is 4.74 Å². The first-order chi connectivity index (χ1) is 21.1. The van der Waals surface area contributed by atoms with Crippen molar-refractivity contribution in [2.24, 2.45) is 5.10 Å². The molecular formula is C33H37FN6O4. The molecule has 11 heteroatoms. The van der Waals surface area contributed by atoms with Gasteiger partial charge in [-0.1, -0.05) is 30.3 Å². The lowest BCUT2D eigenvalue weighted by Gasteiger charge is -2.27. The number of amides is 4. The Morgan fingerprint density at radius 3 is 2.45 bits per heavy atom. The zero-order chi connectivity index (χ0) is 31.5. The van der Waals surface area contributed by atoms with Crippen molar-refractivity contribution in [2.75, 3.05) is 39.6 Å². The van der Waals surface area contributed by atoms with Crippen LogP contribution < -0.4 is 20.7 Å². The van der Waals surface area contributed by atoms with Crippen molar-refractivity contribution in [3.05, 3.63) is 71.0 Å². The topological polar surface area (TPSA) is 115 Å². The Kier molecular flexibility index (Phi) is 8.96. The van der Waals surface area contributed by atoms with Gasteiger partial charge in [0.2, 0.25) is 5.91 Å². The van der Waals surface area contributed by atoms with E-state index in [0.717, 1.165) is 39.2 Å². The van der Waals surface area contributed by atoms with Gasteiger partial charge in [-0.3, -0.25) is 9.59 Å². The standard InChI is InChI=1S/C33H37FN6O4/c1-19-23(21-14-27(34)26(30(15-21)44-5)17-35-16-22-12-13-31(41)36-22)8-6-9-24(19)25-10-7-11-28(20(25)2)37-32(42)29-18-39(3)33(43)40(4)38-29/h6-11,14-15,22,35H,12-13,16-18H2,1-5H3,(H,36,41)(H,37,42)/t22-/m1/s1. The number of rotatable bonds is 9. The molecule has 3 aromatic carbocycles. The van der Waals surface area contributed by atoms with Gasteiger partial charge in [0.25, 0.3) is 5.91 Å². The number of nitrogens with one attached hydrogen (secondary N) is 3. The molecule has 1 saturated heterocycles. The SMILES string of the molecule is COc1cc(-c2cccc(-c3cccc(NC(=O)C4=NN(C)C(=O)N(C)C4)c3C)c2C)cc(F)c1CNC[C@H]1CCC(=O)N1. The van der Waals surface area contributed by atoms with Crippen molar-refractivity contribution in [1.29, 1.82) is 0 Å². The summed E-state index contributed by atoms with van der Waals surface area (Å²) in [6, 6.07) is 14.7. The average Bonchev–Trinajstić information content (AvgIpc) is 3.42. The fraction of sp³-hybridized carbons (Fsp3) is 0.333. The average molecular weight is 601 g/mol. The van der Waals surface area contributed by atoms with Gasteiger partial charge in [-0.2, -0.15) is 5.10 Å². The minimum absolute atomic E-state index is 0.0448. The number of methoxy groups -OCH3 is 1. The van der Waals surface area contributed by atoms with E-state index in [1.807, 2.05) is 56.3 Å². The van der Waals surface area contributed by atoms with Crippen LogP contribution in [0, 0.1) is 19.7 Å². The minimum Gasteiger partial charge on any atom is -0.496 e. The Hall–Kier alpha value is -4.77. The Morgan fingerprint density at radius 2 is 1.77 bits per heavy atom. The Labute approximate surface area is 256 Å². The predicted molar refractivity (Wildman–Crippen MR) is 168 cm³/mol. The molecule has 230 valence electrons. The lowest BCUT2D eigenvalue weighted by molar-refractivity contribution is -0.119. The summed E-state index contributed by atoms with van der Waals surface area (Å²) >= 11 is 0. The molecule has 4 amide bonds. The summed E-state index contributed by atoms with van der Waals surface area (Å²) in [5, 5.41) is 14.4. The van der Waals surface area contributed by atoms with Crippen molar-refractivity contribution < 1.29 is 23.5 Å². The van der Waals surface area contributed by atoms with Crippen LogP contribution in [0.15, 0.2) is 53.6 Å². The third-order valence-electron chi connectivity index (χ3n) is 8.19. The third kappa shape index (κ3) is 6.28. The molecule has 3 aromatic rings. The van der Waals surface area contributed by atoms with Gasteiger partial charge in [-0.25, -0.2) is 14.2 Å². The minimum atomic E-state index is -0.382. The van der Waals surface area contributed by atoms with Crippen LogP contribution in [0.1, 0.15) is 29.5 Å². The van der Waals surface area contributed by atoms with Gasteiger partial charge >= 0.3 is 6.03 Å². The molecule has 44 heavy (non-hydrogen) atoms. The van der Waals surface area contributed by atoms with Gasteiger partial charge in [0.1, 0.15) is 17.3 Å². The number of benzene rings is 3. The quantitative estimate of drug-likeness (QED) is 0.336. The van der Waals surface area contributed by atoms with Crippen LogP contribution in [0.5, 0.6) is 5.75 Å². The Bertz CT molecular complexity index is 1660. The molecule has 0 aliphatic carbocycles. The van der Waals surface area contributed by atoms with E-state index in [1.54, 1.807) is 7.05 Å². The van der Waals surface area contributed by atoms with E-state index in [-0.39, 0.29) is 48.5 Å². The van der Waals surface area contributed by atoms with E-state index in [1.165, 1.54) is 25.1 Å². The molecule has 1 atom stereocenters. The zero-order valence-corrected chi connectivity index (χ0v) is 25.6. The first-order valence-electron chi connectivity index (χ1n) is 14.5. The van der Waals surface area contributed by atoms with Gasteiger partial charge < -0.3 is 25.6 Å². The number of anilines is 1. The second-order valence-electron chi connectivity index (χ2n) is 11.2. The van der Waals surface area contributed by atoms with Gasteiger partial charge in [0.15, 0.2) is 0 Å². The fourth-order valence-electron chi connectivity index (χ4n) is 5.73. The molecule has 0 bridgehead atoms. The van der Waals surface area contributed by atoms with Gasteiger partial charge in [0, 0.05) is 50.9 Å². The zero-order valence-electron chi connectivity index (χ0n) is 25.6. The van der Waals surface area contributed by atoms with Crippen LogP contribution in [0.25, 0.3) is 22.3 Å². The monoisotopic (exact) mass is 600 g/mol. The second kappa shape index (κ2) is 12.8. The maximum atomic E-state index is 15.5. The van der Waals surface area contributed by atoms with E-state index in [0.29, 0.717) is 35.5 Å².